The van der Waals surface area contributed by atoms with Crippen LogP contribution in [0.25, 0.3) is 0 Å². The highest BCUT2D eigenvalue weighted by Gasteiger charge is 2.20. The summed E-state index contributed by atoms with van der Waals surface area (Å²) in [6.07, 6.45) is 0.0236. The molecule has 0 aliphatic rings. The summed E-state index contributed by atoms with van der Waals surface area (Å²) in [5.41, 5.74) is 1.10. The zero-order chi connectivity index (χ0) is 17.5. The average Bonchev–Trinajstić information content (AvgIpc) is 2.98. The summed E-state index contributed by atoms with van der Waals surface area (Å²) >= 11 is 3.05. The maximum atomic E-state index is 12.4. The second-order valence-electron chi connectivity index (χ2n) is 5.90. The first-order chi connectivity index (χ1) is 11.5. The summed E-state index contributed by atoms with van der Waals surface area (Å²) < 4.78 is 6.67. The molecule has 2 aromatic rings. The number of nitrogens with one attached hydrogen (secondary N) is 1. The van der Waals surface area contributed by atoms with E-state index in [1.165, 1.54) is 11.3 Å². The largest absolute Gasteiger partial charge is 0.481 e. The molecule has 130 valence electrons. The first-order valence-electron chi connectivity index (χ1n) is 7.98. The number of benzene rings is 1. The molecule has 1 aromatic heterocycles. The van der Waals surface area contributed by atoms with Crippen LogP contribution in [0.2, 0.25) is 0 Å². The van der Waals surface area contributed by atoms with Gasteiger partial charge in [0.05, 0.1) is 0 Å². The quantitative estimate of drug-likeness (QED) is 0.555. The van der Waals surface area contributed by atoms with Crippen molar-refractivity contribution in [2.24, 2.45) is 5.92 Å². The van der Waals surface area contributed by atoms with Crippen molar-refractivity contribution >= 4 is 34.1 Å². The van der Waals surface area contributed by atoms with E-state index in [1.54, 1.807) is 11.8 Å². The van der Waals surface area contributed by atoms with Crippen molar-refractivity contribution in [3.8, 4) is 5.75 Å². The number of aryl methyl sites for hydroxylation is 1. The highest BCUT2D eigenvalue weighted by atomic mass is 32.2. The van der Waals surface area contributed by atoms with Crippen molar-refractivity contribution in [2.45, 2.75) is 44.6 Å². The Balaban J connectivity index is 1.94. The molecule has 0 aliphatic carbocycles. The maximum Gasteiger partial charge on any atom is 0.267 e. The standard InChI is InChI=1S/C17H23N3O2S2/c1-5-14(22-13-8-6-7-12(4)9-13)15(21)18-16-19-20-17(24-16)23-10-11(2)3/h6-9,11,14H,5,10H2,1-4H3,(H,18,19,21)/t14-/m0/s1. The van der Waals surface area contributed by atoms with Gasteiger partial charge in [0.2, 0.25) is 5.13 Å². The Morgan fingerprint density at radius 3 is 2.83 bits per heavy atom. The van der Waals surface area contributed by atoms with E-state index in [9.17, 15) is 4.79 Å². The van der Waals surface area contributed by atoms with Crippen LogP contribution in [-0.2, 0) is 4.79 Å². The fourth-order valence-corrected chi connectivity index (χ4v) is 3.65. The van der Waals surface area contributed by atoms with E-state index >= 15 is 0 Å². The van der Waals surface area contributed by atoms with Crippen molar-refractivity contribution in [1.29, 1.82) is 0 Å². The number of hydrogen-bond acceptors (Lipinski definition) is 6. The Hall–Kier alpha value is -1.60. The molecule has 0 saturated carbocycles. The van der Waals surface area contributed by atoms with Crippen LogP contribution in [0, 0.1) is 12.8 Å². The minimum Gasteiger partial charge on any atom is -0.481 e. The molecule has 2 rings (SSSR count). The molecule has 1 aromatic carbocycles. The van der Waals surface area contributed by atoms with E-state index in [2.05, 4.69) is 29.4 Å². The molecule has 24 heavy (non-hydrogen) atoms. The first kappa shape index (κ1) is 18.7. The Bertz CT molecular complexity index is 673. The number of nitrogens with zero attached hydrogens (tertiary/aromatic N) is 2. The van der Waals surface area contributed by atoms with E-state index in [0.29, 0.717) is 23.2 Å². The van der Waals surface area contributed by atoms with Gasteiger partial charge >= 0.3 is 0 Å². The van der Waals surface area contributed by atoms with Gasteiger partial charge in [-0.05, 0) is 37.0 Å². The highest BCUT2D eigenvalue weighted by molar-refractivity contribution is 8.01. The summed E-state index contributed by atoms with van der Waals surface area (Å²) in [6, 6.07) is 7.68. The monoisotopic (exact) mass is 365 g/mol. The minimum absolute atomic E-state index is 0.199. The van der Waals surface area contributed by atoms with Crippen LogP contribution >= 0.6 is 23.1 Å². The van der Waals surface area contributed by atoms with Crippen molar-refractivity contribution in [3.05, 3.63) is 29.8 Å². The molecule has 0 saturated heterocycles. The molecule has 0 fully saturated rings. The number of aromatic nitrogens is 2. The molecule has 7 heteroatoms. The molecule has 0 radical (unpaired) electrons. The first-order valence-corrected chi connectivity index (χ1v) is 9.78. The number of ether oxygens (including phenoxy) is 1. The van der Waals surface area contributed by atoms with Crippen LogP contribution in [0.1, 0.15) is 32.8 Å². The Labute approximate surface area is 151 Å². The lowest BCUT2D eigenvalue weighted by Crippen LogP contribution is -2.32. The Morgan fingerprint density at radius 1 is 1.38 bits per heavy atom. The number of rotatable bonds is 8. The van der Waals surface area contributed by atoms with Crippen LogP contribution in [0.4, 0.5) is 5.13 Å². The summed E-state index contributed by atoms with van der Waals surface area (Å²) in [5, 5.41) is 11.4. The van der Waals surface area contributed by atoms with E-state index in [4.69, 9.17) is 4.74 Å². The van der Waals surface area contributed by atoms with Crippen LogP contribution < -0.4 is 10.1 Å². The third-order valence-electron chi connectivity index (χ3n) is 3.11. The fourth-order valence-electron chi connectivity index (χ4n) is 1.92. The van der Waals surface area contributed by atoms with Gasteiger partial charge < -0.3 is 4.74 Å². The molecular weight excluding hydrogens is 342 g/mol. The second-order valence-corrected chi connectivity index (χ2v) is 8.14. The molecule has 1 atom stereocenters. The lowest BCUT2D eigenvalue weighted by Gasteiger charge is -2.16. The van der Waals surface area contributed by atoms with E-state index in [-0.39, 0.29) is 5.91 Å². The molecule has 0 spiro atoms. The topological polar surface area (TPSA) is 64.1 Å². The predicted octanol–water partition coefficient (Wildman–Crippen LogP) is 4.39. The number of carbonyl (C=O) groups is 1. The van der Waals surface area contributed by atoms with Gasteiger partial charge in [-0.25, -0.2) is 0 Å². The molecule has 5 nitrogen and oxygen atoms in total. The van der Waals surface area contributed by atoms with E-state index in [1.807, 2.05) is 38.1 Å². The number of anilines is 1. The minimum atomic E-state index is -0.553. The lowest BCUT2D eigenvalue weighted by molar-refractivity contribution is -0.122. The zero-order valence-electron chi connectivity index (χ0n) is 14.4. The number of amides is 1. The molecule has 0 aliphatic heterocycles. The summed E-state index contributed by atoms with van der Waals surface area (Å²) in [6.45, 7) is 8.23. The molecule has 1 amide bonds. The third-order valence-corrected chi connectivity index (χ3v) is 5.51. The third kappa shape index (κ3) is 5.79. The smallest absolute Gasteiger partial charge is 0.267 e. The maximum absolute atomic E-state index is 12.4. The number of carbonyl (C=O) groups excluding carboxylic acids is 1. The summed E-state index contributed by atoms with van der Waals surface area (Å²) in [5.74, 6) is 2.07. The van der Waals surface area contributed by atoms with Crippen molar-refractivity contribution < 1.29 is 9.53 Å². The summed E-state index contributed by atoms with van der Waals surface area (Å²) in [4.78, 5) is 12.4. The van der Waals surface area contributed by atoms with Crippen LogP contribution in [0.3, 0.4) is 0 Å². The van der Waals surface area contributed by atoms with Gasteiger partial charge in [-0.15, -0.1) is 10.2 Å². The van der Waals surface area contributed by atoms with Gasteiger partial charge in [0.1, 0.15) is 5.75 Å². The zero-order valence-corrected chi connectivity index (χ0v) is 16.0. The van der Waals surface area contributed by atoms with Crippen molar-refractivity contribution in [3.63, 3.8) is 0 Å². The SMILES string of the molecule is CC[C@H](Oc1cccc(C)c1)C(=O)Nc1nnc(SCC(C)C)s1. The number of hydrogen-bond donors (Lipinski definition) is 1. The molecular formula is C17H23N3O2S2. The molecule has 1 N–H and O–H groups in total. The average molecular weight is 366 g/mol. The van der Waals surface area contributed by atoms with Crippen LogP contribution in [0.15, 0.2) is 28.6 Å². The Morgan fingerprint density at radius 2 is 2.17 bits per heavy atom. The fraction of sp³-hybridized carbons (Fsp3) is 0.471. The van der Waals surface area contributed by atoms with E-state index in [0.717, 1.165) is 15.7 Å². The molecule has 1 heterocycles. The summed E-state index contributed by atoms with van der Waals surface area (Å²) in [7, 11) is 0. The van der Waals surface area contributed by atoms with Gasteiger partial charge in [0.15, 0.2) is 10.4 Å². The van der Waals surface area contributed by atoms with Crippen LogP contribution in [0.5, 0.6) is 5.75 Å². The van der Waals surface area contributed by atoms with Crippen molar-refractivity contribution in [2.75, 3.05) is 11.1 Å². The predicted molar refractivity (Wildman–Crippen MR) is 100.0 cm³/mol. The number of thioether (sulfide) groups is 1. The van der Waals surface area contributed by atoms with Gasteiger partial charge in [-0.2, -0.15) is 0 Å². The van der Waals surface area contributed by atoms with Gasteiger partial charge in [0, 0.05) is 5.75 Å². The normalized spacial score (nSPS) is 12.2. The second kappa shape index (κ2) is 9.03. The van der Waals surface area contributed by atoms with Gasteiger partial charge in [-0.3, -0.25) is 10.1 Å². The molecule has 0 bridgehead atoms. The highest BCUT2D eigenvalue weighted by Crippen LogP contribution is 2.27. The molecule has 0 unspecified atom stereocenters. The van der Waals surface area contributed by atoms with Crippen LogP contribution in [-0.4, -0.2) is 28.0 Å². The Kier molecular flexibility index (Phi) is 7.05. The van der Waals surface area contributed by atoms with Gasteiger partial charge in [-0.1, -0.05) is 56.0 Å². The van der Waals surface area contributed by atoms with Crippen molar-refractivity contribution in [1.82, 2.24) is 10.2 Å². The van der Waals surface area contributed by atoms with E-state index < -0.39 is 6.10 Å². The van der Waals surface area contributed by atoms with Gasteiger partial charge in [0.25, 0.3) is 5.91 Å². The lowest BCUT2D eigenvalue weighted by atomic mass is 10.2.